The second-order valence-corrected chi connectivity index (χ2v) is 5.14. The maximum Gasteiger partial charge on any atom is 0.0594 e. The Labute approximate surface area is 124 Å². The van der Waals surface area contributed by atoms with Gasteiger partial charge in [-0.25, -0.2) is 0 Å². The van der Waals surface area contributed by atoms with Gasteiger partial charge in [-0.2, -0.15) is 0 Å². The molecule has 2 aliphatic heterocycles. The third-order valence-corrected chi connectivity index (χ3v) is 3.90. The second kappa shape index (κ2) is 11.3. The molecule has 0 aliphatic carbocycles. The maximum atomic E-state index is 5.35. The zero-order valence-corrected chi connectivity index (χ0v) is 12.9. The summed E-state index contributed by atoms with van der Waals surface area (Å²) in [5, 5.41) is 3.43. The molecule has 0 aromatic carbocycles. The SMILES string of the molecule is C(CCN1CCOCC1)CC1CCNCC1.Cl.Cl. The normalized spacial score (nSPS) is 22.0. The number of unbranched alkanes of at least 4 members (excludes halogenated alkanes) is 1. The summed E-state index contributed by atoms with van der Waals surface area (Å²) in [6.07, 6.45) is 7.05. The third-order valence-electron chi connectivity index (χ3n) is 3.90. The van der Waals surface area contributed by atoms with Crippen molar-refractivity contribution >= 4 is 24.8 Å². The van der Waals surface area contributed by atoms with Crippen LogP contribution in [-0.4, -0.2) is 50.8 Å². The van der Waals surface area contributed by atoms with Crippen LogP contribution in [0.1, 0.15) is 32.1 Å². The van der Waals surface area contributed by atoms with Crippen LogP contribution in [0.25, 0.3) is 0 Å². The molecule has 0 aromatic rings. The van der Waals surface area contributed by atoms with E-state index < -0.39 is 0 Å². The van der Waals surface area contributed by atoms with Gasteiger partial charge in [0.2, 0.25) is 0 Å². The lowest BCUT2D eigenvalue weighted by atomic mass is 9.92. The topological polar surface area (TPSA) is 24.5 Å². The van der Waals surface area contributed by atoms with Gasteiger partial charge in [-0.05, 0) is 44.8 Å². The van der Waals surface area contributed by atoms with Crippen LogP contribution >= 0.6 is 24.8 Å². The summed E-state index contributed by atoms with van der Waals surface area (Å²) in [7, 11) is 0. The predicted octanol–water partition coefficient (Wildman–Crippen LogP) is 2.33. The lowest BCUT2D eigenvalue weighted by Crippen LogP contribution is -2.36. The molecule has 5 heteroatoms. The summed E-state index contributed by atoms with van der Waals surface area (Å²) < 4.78 is 5.35. The highest BCUT2D eigenvalue weighted by atomic mass is 35.5. The van der Waals surface area contributed by atoms with Gasteiger partial charge in [0.25, 0.3) is 0 Å². The first kappa shape index (κ1) is 18.5. The molecular formula is C13H28Cl2N2O. The number of rotatable bonds is 5. The lowest BCUT2D eigenvalue weighted by molar-refractivity contribution is 0.0369. The van der Waals surface area contributed by atoms with E-state index in [2.05, 4.69) is 10.2 Å². The molecule has 2 aliphatic rings. The summed E-state index contributed by atoms with van der Waals surface area (Å²) in [5.74, 6) is 1.01. The molecule has 0 radical (unpaired) electrons. The number of halogens is 2. The Morgan fingerprint density at radius 1 is 1.00 bits per heavy atom. The standard InChI is InChI=1S/C13H26N2O.2ClH/c1(3-13-4-6-14-7-5-13)2-8-15-9-11-16-12-10-15;;/h13-14H,1-12H2;2*1H. The number of nitrogens with zero attached hydrogens (tertiary/aromatic N) is 1. The molecule has 110 valence electrons. The fraction of sp³-hybridized carbons (Fsp3) is 1.00. The largest absolute Gasteiger partial charge is 0.379 e. The van der Waals surface area contributed by atoms with Gasteiger partial charge in [-0.3, -0.25) is 4.90 Å². The van der Waals surface area contributed by atoms with Crippen LogP contribution in [0.3, 0.4) is 0 Å². The highest BCUT2D eigenvalue weighted by Gasteiger charge is 2.13. The monoisotopic (exact) mass is 298 g/mol. The fourth-order valence-corrected chi connectivity index (χ4v) is 2.76. The zero-order valence-electron chi connectivity index (χ0n) is 11.2. The minimum Gasteiger partial charge on any atom is -0.379 e. The Kier molecular flexibility index (Phi) is 11.6. The van der Waals surface area contributed by atoms with Crippen molar-refractivity contribution in [1.29, 1.82) is 0 Å². The summed E-state index contributed by atoms with van der Waals surface area (Å²) in [5.41, 5.74) is 0. The molecule has 0 unspecified atom stereocenters. The molecule has 0 amide bonds. The minimum atomic E-state index is 0. The summed E-state index contributed by atoms with van der Waals surface area (Å²) in [4.78, 5) is 2.55. The Morgan fingerprint density at radius 3 is 2.33 bits per heavy atom. The van der Waals surface area contributed by atoms with Crippen molar-refractivity contribution in [3.8, 4) is 0 Å². The Balaban J connectivity index is 0.00000144. The van der Waals surface area contributed by atoms with Crippen LogP contribution in [0.2, 0.25) is 0 Å². The van der Waals surface area contributed by atoms with Gasteiger partial charge in [-0.1, -0.05) is 12.8 Å². The molecule has 18 heavy (non-hydrogen) atoms. The second-order valence-electron chi connectivity index (χ2n) is 5.14. The molecule has 0 bridgehead atoms. The molecule has 0 aromatic heterocycles. The van der Waals surface area contributed by atoms with Crippen LogP contribution in [-0.2, 0) is 4.74 Å². The van der Waals surface area contributed by atoms with Crippen molar-refractivity contribution < 1.29 is 4.74 Å². The molecular weight excluding hydrogens is 271 g/mol. The third kappa shape index (κ3) is 7.15. The number of ether oxygens (including phenoxy) is 1. The van der Waals surface area contributed by atoms with Crippen molar-refractivity contribution in [1.82, 2.24) is 10.2 Å². The van der Waals surface area contributed by atoms with Gasteiger partial charge in [0.05, 0.1) is 13.2 Å². The van der Waals surface area contributed by atoms with E-state index >= 15 is 0 Å². The summed E-state index contributed by atoms with van der Waals surface area (Å²) in [6.45, 7) is 7.94. The van der Waals surface area contributed by atoms with Crippen LogP contribution in [0.4, 0.5) is 0 Å². The lowest BCUT2D eigenvalue weighted by Gasteiger charge is -2.27. The maximum absolute atomic E-state index is 5.35. The first-order valence-electron chi connectivity index (χ1n) is 6.96. The van der Waals surface area contributed by atoms with E-state index in [1.54, 1.807) is 0 Å². The Bertz CT molecular complexity index is 164. The number of hydrogen-bond acceptors (Lipinski definition) is 3. The molecule has 0 saturated carbocycles. The molecule has 0 spiro atoms. The zero-order chi connectivity index (χ0) is 11.1. The number of morpholine rings is 1. The molecule has 2 heterocycles. The predicted molar refractivity (Wildman–Crippen MR) is 81.2 cm³/mol. The van der Waals surface area contributed by atoms with E-state index in [1.807, 2.05) is 0 Å². The van der Waals surface area contributed by atoms with Crippen molar-refractivity contribution in [3.05, 3.63) is 0 Å². The molecule has 3 nitrogen and oxygen atoms in total. The van der Waals surface area contributed by atoms with Crippen LogP contribution in [0.5, 0.6) is 0 Å². The van der Waals surface area contributed by atoms with Crippen molar-refractivity contribution in [2.75, 3.05) is 45.9 Å². The summed E-state index contributed by atoms with van der Waals surface area (Å²) >= 11 is 0. The Hall–Kier alpha value is 0.460. The van der Waals surface area contributed by atoms with E-state index in [1.165, 1.54) is 51.7 Å². The molecule has 0 atom stereocenters. The Morgan fingerprint density at radius 2 is 1.67 bits per heavy atom. The van der Waals surface area contributed by atoms with Crippen molar-refractivity contribution in [3.63, 3.8) is 0 Å². The van der Waals surface area contributed by atoms with E-state index in [4.69, 9.17) is 4.74 Å². The van der Waals surface area contributed by atoms with Gasteiger partial charge in [-0.15, -0.1) is 24.8 Å². The van der Waals surface area contributed by atoms with Crippen LogP contribution in [0.15, 0.2) is 0 Å². The van der Waals surface area contributed by atoms with E-state index in [0.717, 1.165) is 32.2 Å². The average Bonchev–Trinajstić information content (AvgIpc) is 2.37. The van der Waals surface area contributed by atoms with E-state index in [9.17, 15) is 0 Å². The number of nitrogens with one attached hydrogen (secondary N) is 1. The van der Waals surface area contributed by atoms with Crippen LogP contribution in [0, 0.1) is 5.92 Å². The highest BCUT2D eigenvalue weighted by molar-refractivity contribution is 5.85. The first-order chi connectivity index (χ1) is 7.95. The highest BCUT2D eigenvalue weighted by Crippen LogP contribution is 2.18. The smallest absolute Gasteiger partial charge is 0.0594 e. The number of piperidine rings is 1. The molecule has 2 saturated heterocycles. The van der Waals surface area contributed by atoms with E-state index in [0.29, 0.717) is 0 Å². The van der Waals surface area contributed by atoms with Gasteiger partial charge in [0.1, 0.15) is 0 Å². The van der Waals surface area contributed by atoms with Gasteiger partial charge < -0.3 is 10.1 Å². The fourth-order valence-electron chi connectivity index (χ4n) is 2.76. The van der Waals surface area contributed by atoms with Crippen LogP contribution < -0.4 is 5.32 Å². The quantitative estimate of drug-likeness (QED) is 0.789. The van der Waals surface area contributed by atoms with Gasteiger partial charge in [0, 0.05) is 13.1 Å². The van der Waals surface area contributed by atoms with E-state index in [-0.39, 0.29) is 24.8 Å². The number of hydrogen-bond donors (Lipinski definition) is 1. The average molecular weight is 299 g/mol. The minimum absolute atomic E-state index is 0. The van der Waals surface area contributed by atoms with Gasteiger partial charge >= 0.3 is 0 Å². The first-order valence-corrected chi connectivity index (χ1v) is 6.96. The van der Waals surface area contributed by atoms with Gasteiger partial charge in [0.15, 0.2) is 0 Å². The molecule has 2 fully saturated rings. The molecule has 2 rings (SSSR count). The molecule has 1 N–H and O–H groups in total. The van der Waals surface area contributed by atoms with Crippen molar-refractivity contribution in [2.24, 2.45) is 5.92 Å². The van der Waals surface area contributed by atoms with Crippen molar-refractivity contribution in [2.45, 2.75) is 32.1 Å². The summed E-state index contributed by atoms with van der Waals surface area (Å²) in [6, 6.07) is 0.